The predicted octanol–water partition coefficient (Wildman–Crippen LogP) is 2.38. The number of alkyl halides is 2. The van der Waals surface area contributed by atoms with Gasteiger partial charge >= 0.3 is 0 Å². The highest BCUT2D eigenvalue weighted by atomic mass is 35.5. The molecule has 9 nitrogen and oxygen atoms in total. The molecule has 0 bridgehead atoms. The van der Waals surface area contributed by atoms with Gasteiger partial charge in [-0.1, -0.05) is 11.6 Å². The number of ether oxygens (including phenoxy) is 1. The van der Waals surface area contributed by atoms with Crippen LogP contribution in [0.4, 0.5) is 18.9 Å². The van der Waals surface area contributed by atoms with E-state index in [1.54, 1.807) is 6.07 Å². The molecule has 0 unspecified atom stereocenters. The molecule has 3 rings (SSSR count). The Morgan fingerprint density at radius 2 is 2.09 bits per heavy atom. The largest absolute Gasteiger partial charge is 0.484 e. The number of likely N-dealkylation sites (tertiary alicyclic amines) is 1. The minimum absolute atomic E-state index is 0.00839. The quantitative estimate of drug-likeness (QED) is 0.607. The number of nitriles is 1. The lowest BCUT2D eigenvalue weighted by Gasteiger charge is -2.19. The molecule has 3 amide bonds. The van der Waals surface area contributed by atoms with Crippen molar-refractivity contribution >= 4 is 35.0 Å². The van der Waals surface area contributed by atoms with E-state index in [1.165, 1.54) is 30.6 Å². The van der Waals surface area contributed by atoms with Gasteiger partial charge in [0.05, 0.1) is 41.6 Å². The summed E-state index contributed by atoms with van der Waals surface area (Å²) in [6.45, 7) is -2.06. The van der Waals surface area contributed by atoms with Crippen molar-refractivity contribution in [1.29, 1.82) is 5.26 Å². The molecule has 13 heteroatoms. The Hall–Kier alpha value is -3.85. The highest BCUT2D eigenvalue weighted by Gasteiger charge is 2.47. The van der Waals surface area contributed by atoms with E-state index >= 15 is 0 Å². The summed E-state index contributed by atoms with van der Waals surface area (Å²) < 4.78 is 45.7. The van der Waals surface area contributed by atoms with E-state index in [-0.39, 0.29) is 22.0 Å². The lowest BCUT2D eigenvalue weighted by molar-refractivity contribution is -0.131. The van der Waals surface area contributed by atoms with Gasteiger partial charge in [-0.25, -0.2) is 13.2 Å². The van der Waals surface area contributed by atoms with E-state index in [0.29, 0.717) is 4.90 Å². The fourth-order valence-electron chi connectivity index (χ4n) is 3.14. The molecule has 0 aliphatic carbocycles. The second-order valence-corrected chi connectivity index (χ2v) is 7.65. The Balaban J connectivity index is 1.58. The molecular weight excluding hydrogens is 479 g/mol. The molecule has 1 saturated heterocycles. The maximum absolute atomic E-state index is 13.5. The zero-order valence-electron chi connectivity index (χ0n) is 17.4. The molecule has 1 aliphatic heterocycles. The highest BCUT2D eigenvalue weighted by Crippen LogP contribution is 2.31. The number of anilines is 1. The van der Waals surface area contributed by atoms with Crippen molar-refractivity contribution in [1.82, 2.24) is 15.2 Å². The lowest BCUT2D eigenvalue weighted by Crippen LogP contribution is -2.43. The van der Waals surface area contributed by atoms with E-state index in [4.69, 9.17) is 21.6 Å². The summed E-state index contributed by atoms with van der Waals surface area (Å²) in [6, 6.07) is 5.26. The Morgan fingerprint density at radius 1 is 1.32 bits per heavy atom. The number of hydrogen-bond donors (Lipinski definition) is 2. The van der Waals surface area contributed by atoms with E-state index in [1.807, 2.05) is 0 Å². The number of nitrogens with zero attached hydrogens (tertiary/aromatic N) is 3. The Labute approximate surface area is 196 Å². The van der Waals surface area contributed by atoms with E-state index in [2.05, 4.69) is 15.6 Å². The zero-order valence-corrected chi connectivity index (χ0v) is 18.1. The van der Waals surface area contributed by atoms with Gasteiger partial charge in [-0.3, -0.25) is 19.4 Å². The maximum atomic E-state index is 13.5. The lowest BCUT2D eigenvalue weighted by atomic mass is 10.2. The van der Waals surface area contributed by atoms with Gasteiger partial charge in [-0.2, -0.15) is 5.26 Å². The van der Waals surface area contributed by atoms with E-state index in [0.717, 1.165) is 6.07 Å². The van der Waals surface area contributed by atoms with Crippen LogP contribution in [-0.2, 0) is 9.59 Å². The fourth-order valence-corrected chi connectivity index (χ4v) is 3.26. The third-order valence-corrected chi connectivity index (χ3v) is 5.05. The average Bonchev–Trinajstić information content (AvgIpc) is 3.13. The molecule has 2 heterocycles. The first-order valence-electron chi connectivity index (χ1n) is 9.76. The summed E-state index contributed by atoms with van der Waals surface area (Å²) in [7, 11) is 0. The summed E-state index contributed by atoms with van der Waals surface area (Å²) in [5.41, 5.74) is -0.0665. The monoisotopic (exact) mass is 495 g/mol. The van der Waals surface area contributed by atoms with Gasteiger partial charge in [0, 0.05) is 18.7 Å². The number of halogens is 4. The van der Waals surface area contributed by atoms with Crippen LogP contribution < -0.4 is 15.4 Å². The van der Waals surface area contributed by atoms with Gasteiger partial charge in [-0.05, 0) is 18.2 Å². The van der Waals surface area contributed by atoms with Gasteiger partial charge < -0.3 is 20.3 Å². The van der Waals surface area contributed by atoms with Crippen LogP contribution in [0.15, 0.2) is 36.7 Å². The Kier molecular flexibility index (Phi) is 7.57. The van der Waals surface area contributed by atoms with Crippen LogP contribution in [0.5, 0.6) is 5.75 Å². The van der Waals surface area contributed by atoms with Crippen molar-refractivity contribution in [2.45, 2.75) is 18.4 Å². The Bertz CT molecular complexity index is 1160. The number of aromatic nitrogens is 1. The van der Waals surface area contributed by atoms with Crippen LogP contribution in [0.3, 0.4) is 0 Å². The van der Waals surface area contributed by atoms with Crippen molar-refractivity contribution in [3.63, 3.8) is 0 Å². The van der Waals surface area contributed by atoms with Crippen molar-refractivity contribution < 1.29 is 32.3 Å². The number of amides is 3. The summed E-state index contributed by atoms with van der Waals surface area (Å²) in [5.74, 6) is -6.17. The van der Waals surface area contributed by atoms with Gasteiger partial charge in [0.1, 0.15) is 17.6 Å². The first kappa shape index (κ1) is 24.8. The molecule has 1 aliphatic rings. The van der Waals surface area contributed by atoms with Gasteiger partial charge in [0.2, 0.25) is 5.91 Å². The van der Waals surface area contributed by atoms with Crippen LogP contribution in [0.1, 0.15) is 16.8 Å². The number of pyridine rings is 1. The third-order valence-electron chi connectivity index (χ3n) is 4.74. The molecule has 2 aromatic rings. The van der Waals surface area contributed by atoms with Crippen LogP contribution >= 0.6 is 11.6 Å². The maximum Gasteiger partial charge on any atom is 0.268 e. The van der Waals surface area contributed by atoms with Crippen molar-refractivity contribution in [3.8, 4) is 11.8 Å². The van der Waals surface area contributed by atoms with E-state index in [9.17, 15) is 27.6 Å². The minimum atomic E-state index is -3.18. The second-order valence-electron chi connectivity index (χ2n) is 7.24. The number of rotatable bonds is 7. The molecule has 0 saturated carbocycles. The zero-order chi connectivity index (χ0) is 24.9. The summed E-state index contributed by atoms with van der Waals surface area (Å²) in [5, 5.41) is 13.6. The molecule has 0 radical (unpaired) electrons. The third kappa shape index (κ3) is 6.14. The predicted molar refractivity (Wildman–Crippen MR) is 113 cm³/mol. The molecule has 1 atom stereocenters. The Morgan fingerprint density at radius 3 is 2.79 bits per heavy atom. The normalized spacial score (nSPS) is 16.4. The van der Waals surface area contributed by atoms with Crippen LogP contribution in [0, 0.1) is 17.1 Å². The molecule has 178 valence electrons. The van der Waals surface area contributed by atoms with Gasteiger partial charge in [0.15, 0.2) is 6.61 Å². The van der Waals surface area contributed by atoms with Crippen molar-refractivity contribution in [2.24, 2.45) is 0 Å². The SMILES string of the molecule is N#C[C@@H]1CC(F)(F)CN1C(=O)CNC(=O)c1ccncc1NC(=O)COc1ccc(Cl)c(F)c1. The molecule has 1 fully saturated rings. The highest BCUT2D eigenvalue weighted by molar-refractivity contribution is 6.30. The number of nitrogens with one attached hydrogen (secondary N) is 2. The molecule has 0 spiro atoms. The molecule has 34 heavy (non-hydrogen) atoms. The summed E-state index contributed by atoms with van der Waals surface area (Å²) in [6.07, 6.45) is 1.68. The molecule has 1 aromatic heterocycles. The van der Waals surface area contributed by atoms with Crippen molar-refractivity contribution in [3.05, 3.63) is 53.1 Å². The number of hydrogen-bond acceptors (Lipinski definition) is 6. The minimum Gasteiger partial charge on any atom is -0.484 e. The van der Waals surface area contributed by atoms with Gasteiger partial charge in [-0.15, -0.1) is 0 Å². The fraction of sp³-hybridized carbons (Fsp3) is 0.286. The van der Waals surface area contributed by atoms with E-state index < -0.39 is 61.6 Å². The molecule has 2 N–H and O–H groups in total. The topological polar surface area (TPSA) is 124 Å². The van der Waals surface area contributed by atoms with Crippen LogP contribution in [0.25, 0.3) is 0 Å². The number of carbonyl (C=O) groups is 3. The van der Waals surface area contributed by atoms with Crippen LogP contribution in [0.2, 0.25) is 5.02 Å². The van der Waals surface area contributed by atoms with Crippen molar-refractivity contribution in [2.75, 3.05) is 25.0 Å². The standard InChI is InChI=1S/C21H17ClF3N5O4/c22-15-2-1-13(5-16(15)23)34-10-18(31)29-17-8-27-4-3-14(17)20(33)28-9-19(32)30-11-21(24,25)6-12(30)7-26/h1-5,8,12H,6,9-11H2,(H,28,33)(H,29,31)/t12-/m0/s1. The number of carbonyl (C=O) groups excluding carboxylic acids is 3. The average molecular weight is 496 g/mol. The molecule has 1 aromatic carbocycles. The smallest absolute Gasteiger partial charge is 0.268 e. The summed E-state index contributed by atoms with van der Waals surface area (Å²) in [4.78, 5) is 41.5. The second kappa shape index (κ2) is 10.4. The molecular formula is C21H17ClF3N5O4. The first-order valence-corrected chi connectivity index (χ1v) is 10.1. The number of benzene rings is 1. The van der Waals surface area contributed by atoms with Crippen LogP contribution in [-0.4, -0.2) is 59.3 Å². The first-order chi connectivity index (χ1) is 16.1. The summed E-state index contributed by atoms with van der Waals surface area (Å²) >= 11 is 5.58. The van der Waals surface area contributed by atoms with Gasteiger partial charge in [0.25, 0.3) is 17.7 Å².